The van der Waals surface area contributed by atoms with Gasteiger partial charge in [-0.1, -0.05) is 6.08 Å². The zero-order valence-electron chi connectivity index (χ0n) is 10.9. The number of methoxy groups -OCH3 is 1. The van der Waals surface area contributed by atoms with Gasteiger partial charge in [-0.2, -0.15) is 0 Å². The van der Waals surface area contributed by atoms with E-state index in [0.717, 1.165) is 0 Å². The van der Waals surface area contributed by atoms with E-state index in [9.17, 15) is 9.59 Å². The van der Waals surface area contributed by atoms with Crippen molar-refractivity contribution in [2.45, 2.75) is 6.42 Å². The minimum atomic E-state index is -0.397. The number of carbonyl (C=O) groups is 2. The number of amides is 1. The average molecular weight is 262 g/mol. The Morgan fingerprint density at radius 2 is 2.00 bits per heavy atom. The minimum absolute atomic E-state index is 0.0811. The van der Waals surface area contributed by atoms with Crippen LogP contribution in [0.5, 0.6) is 0 Å². The highest BCUT2D eigenvalue weighted by Gasteiger charge is 2.06. The van der Waals surface area contributed by atoms with E-state index in [1.54, 1.807) is 30.3 Å². The second kappa shape index (κ2) is 8.05. The van der Waals surface area contributed by atoms with Crippen LogP contribution in [0, 0.1) is 0 Å². The van der Waals surface area contributed by atoms with Crippen molar-refractivity contribution in [3.8, 4) is 0 Å². The number of hydrogen-bond acceptors (Lipinski definition) is 4. The number of nitrogens with one attached hydrogen (secondary N) is 2. The van der Waals surface area contributed by atoms with Crippen molar-refractivity contribution in [2.24, 2.45) is 0 Å². The molecule has 0 aliphatic heterocycles. The van der Waals surface area contributed by atoms with Crippen LogP contribution in [0.1, 0.15) is 16.8 Å². The number of hydrogen-bond donors (Lipinski definition) is 2. The summed E-state index contributed by atoms with van der Waals surface area (Å²) >= 11 is 0. The second-order valence-electron chi connectivity index (χ2n) is 3.86. The van der Waals surface area contributed by atoms with Crippen LogP contribution in [-0.2, 0) is 9.53 Å². The highest BCUT2D eigenvalue weighted by Crippen LogP contribution is 2.10. The summed E-state index contributed by atoms with van der Waals surface area (Å²) in [6, 6.07) is 6.55. The number of carbonyl (C=O) groups excluding carboxylic acids is 2. The zero-order valence-corrected chi connectivity index (χ0v) is 10.9. The molecule has 5 nitrogen and oxygen atoms in total. The lowest BCUT2D eigenvalue weighted by molar-refractivity contribution is -0.116. The third-order valence-corrected chi connectivity index (χ3v) is 2.41. The van der Waals surface area contributed by atoms with Gasteiger partial charge in [0.05, 0.1) is 12.7 Å². The van der Waals surface area contributed by atoms with Gasteiger partial charge in [-0.25, -0.2) is 4.79 Å². The molecule has 0 atom stereocenters. The van der Waals surface area contributed by atoms with Crippen LogP contribution in [0.4, 0.5) is 5.69 Å². The van der Waals surface area contributed by atoms with Crippen LogP contribution in [0.15, 0.2) is 36.9 Å². The molecule has 1 amide bonds. The molecule has 0 aliphatic rings. The summed E-state index contributed by atoms with van der Waals surface area (Å²) in [7, 11) is 1.33. The summed E-state index contributed by atoms with van der Waals surface area (Å²) in [5.41, 5.74) is 1.11. The Hall–Kier alpha value is -2.14. The molecular weight excluding hydrogens is 244 g/mol. The van der Waals surface area contributed by atoms with Crippen molar-refractivity contribution in [2.75, 3.05) is 25.5 Å². The molecule has 102 valence electrons. The standard InChI is InChI=1S/C14H18N2O3/c1-3-9-15-10-8-13(17)16-12-6-4-11(5-7-12)14(18)19-2/h3-7,15H,1,8-10H2,2H3,(H,16,17). The van der Waals surface area contributed by atoms with Gasteiger partial charge < -0.3 is 15.4 Å². The summed E-state index contributed by atoms with van der Waals surface area (Å²) < 4.78 is 4.59. The number of ether oxygens (including phenoxy) is 1. The van der Waals surface area contributed by atoms with Crippen molar-refractivity contribution in [3.63, 3.8) is 0 Å². The molecule has 0 fully saturated rings. The molecule has 0 spiro atoms. The monoisotopic (exact) mass is 262 g/mol. The normalized spacial score (nSPS) is 9.74. The first kappa shape index (κ1) is 14.9. The van der Waals surface area contributed by atoms with Crippen molar-refractivity contribution < 1.29 is 14.3 Å². The van der Waals surface area contributed by atoms with Gasteiger partial charge in [0.2, 0.25) is 5.91 Å². The van der Waals surface area contributed by atoms with Gasteiger partial charge in [0, 0.05) is 25.2 Å². The predicted octanol–water partition coefficient (Wildman–Crippen LogP) is 1.58. The lowest BCUT2D eigenvalue weighted by Gasteiger charge is -2.06. The largest absolute Gasteiger partial charge is 0.465 e. The molecule has 0 radical (unpaired) electrons. The van der Waals surface area contributed by atoms with Gasteiger partial charge in [-0.3, -0.25) is 4.79 Å². The lowest BCUT2D eigenvalue weighted by atomic mass is 10.2. The maximum Gasteiger partial charge on any atom is 0.337 e. The Morgan fingerprint density at radius 1 is 1.32 bits per heavy atom. The van der Waals surface area contributed by atoms with Gasteiger partial charge in [-0.05, 0) is 24.3 Å². The summed E-state index contributed by atoms with van der Waals surface area (Å²) in [5, 5.41) is 5.79. The molecule has 1 aromatic carbocycles. The minimum Gasteiger partial charge on any atom is -0.465 e. The first-order valence-electron chi connectivity index (χ1n) is 5.97. The third-order valence-electron chi connectivity index (χ3n) is 2.41. The predicted molar refractivity (Wildman–Crippen MR) is 74.1 cm³/mol. The quantitative estimate of drug-likeness (QED) is 0.445. The average Bonchev–Trinajstić information content (AvgIpc) is 2.43. The van der Waals surface area contributed by atoms with Gasteiger partial charge in [0.1, 0.15) is 0 Å². The van der Waals surface area contributed by atoms with E-state index in [2.05, 4.69) is 21.9 Å². The highest BCUT2D eigenvalue weighted by molar-refractivity contribution is 5.93. The third kappa shape index (κ3) is 5.35. The number of benzene rings is 1. The van der Waals surface area contributed by atoms with E-state index in [-0.39, 0.29) is 5.91 Å². The molecule has 0 aliphatic carbocycles. The number of esters is 1. The van der Waals surface area contributed by atoms with Crippen LogP contribution >= 0.6 is 0 Å². The van der Waals surface area contributed by atoms with Crippen molar-refractivity contribution in [3.05, 3.63) is 42.5 Å². The number of rotatable bonds is 7. The first-order chi connectivity index (χ1) is 9.17. The van der Waals surface area contributed by atoms with Crippen LogP contribution in [-0.4, -0.2) is 32.1 Å². The maximum atomic E-state index is 11.6. The van der Waals surface area contributed by atoms with E-state index >= 15 is 0 Å². The Bertz CT molecular complexity index is 441. The van der Waals surface area contributed by atoms with E-state index in [1.165, 1.54) is 7.11 Å². The fraction of sp³-hybridized carbons (Fsp3) is 0.286. The van der Waals surface area contributed by atoms with E-state index in [1.807, 2.05) is 0 Å². The van der Waals surface area contributed by atoms with E-state index in [0.29, 0.717) is 30.8 Å². The van der Waals surface area contributed by atoms with Crippen LogP contribution in [0.25, 0.3) is 0 Å². The summed E-state index contributed by atoms with van der Waals surface area (Å²) in [5.74, 6) is -0.478. The summed E-state index contributed by atoms with van der Waals surface area (Å²) in [4.78, 5) is 22.8. The van der Waals surface area contributed by atoms with Crippen molar-refractivity contribution in [1.29, 1.82) is 0 Å². The molecule has 0 heterocycles. The fourth-order valence-electron chi connectivity index (χ4n) is 1.44. The van der Waals surface area contributed by atoms with Gasteiger partial charge in [0.25, 0.3) is 0 Å². The highest BCUT2D eigenvalue weighted by atomic mass is 16.5. The molecule has 0 unspecified atom stereocenters. The fourth-order valence-corrected chi connectivity index (χ4v) is 1.44. The first-order valence-corrected chi connectivity index (χ1v) is 5.97. The second-order valence-corrected chi connectivity index (χ2v) is 3.86. The molecule has 0 saturated heterocycles. The SMILES string of the molecule is C=CCNCCC(=O)Nc1ccc(C(=O)OC)cc1. The zero-order chi connectivity index (χ0) is 14.1. The van der Waals surface area contributed by atoms with Gasteiger partial charge >= 0.3 is 5.97 Å². The topological polar surface area (TPSA) is 67.4 Å². The Kier molecular flexibility index (Phi) is 6.32. The lowest BCUT2D eigenvalue weighted by Crippen LogP contribution is -2.21. The number of anilines is 1. The smallest absolute Gasteiger partial charge is 0.337 e. The van der Waals surface area contributed by atoms with E-state index in [4.69, 9.17) is 0 Å². The van der Waals surface area contributed by atoms with Gasteiger partial charge in [0.15, 0.2) is 0 Å². The Morgan fingerprint density at radius 3 is 2.58 bits per heavy atom. The molecule has 5 heteroatoms. The van der Waals surface area contributed by atoms with Crippen molar-refractivity contribution in [1.82, 2.24) is 5.32 Å². The molecule has 2 N–H and O–H groups in total. The molecular formula is C14H18N2O3. The Labute approximate surface area is 112 Å². The molecule has 1 rings (SSSR count). The van der Waals surface area contributed by atoms with E-state index < -0.39 is 5.97 Å². The van der Waals surface area contributed by atoms with Crippen LogP contribution in [0.3, 0.4) is 0 Å². The molecule has 0 bridgehead atoms. The molecule has 0 saturated carbocycles. The van der Waals surface area contributed by atoms with Crippen molar-refractivity contribution >= 4 is 17.6 Å². The molecule has 19 heavy (non-hydrogen) atoms. The molecule has 0 aromatic heterocycles. The van der Waals surface area contributed by atoms with Crippen LogP contribution in [0.2, 0.25) is 0 Å². The molecule has 1 aromatic rings. The van der Waals surface area contributed by atoms with Crippen LogP contribution < -0.4 is 10.6 Å². The Balaban J connectivity index is 2.42. The summed E-state index contributed by atoms with van der Waals surface area (Å²) in [6.07, 6.45) is 2.12. The van der Waals surface area contributed by atoms with Gasteiger partial charge in [-0.15, -0.1) is 6.58 Å². The maximum absolute atomic E-state index is 11.6. The summed E-state index contributed by atoms with van der Waals surface area (Å²) in [6.45, 7) is 4.85.